The SMILES string of the molecule is CCc1ccc([C@@H](CNC(=O)[C@H](NC(=O)c2ccccc2Cl)C(C)C)N(C)C)cc1. The lowest BCUT2D eigenvalue weighted by Crippen LogP contribution is -2.51. The largest absolute Gasteiger partial charge is 0.352 e. The summed E-state index contributed by atoms with van der Waals surface area (Å²) in [5.41, 5.74) is 2.78. The van der Waals surface area contributed by atoms with Gasteiger partial charge in [-0.05, 0) is 49.7 Å². The van der Waals surface area contributed by atoms with Gasteiger partial charge in [0, 0.05) is 6.54 Å². The van der Waals surface area contributed by atoms with Gasteiger partial charge in [-0.25, -0.2) is 0 Å². The van der Waals surface area contributed by atoms with Gasteiger partial charge in [0.2, 0.25) is 5.91 Å². The minimum atomic E-state index is -0.654. The molecule has 0 aliphatic rings. The molecule has 0 saturated carbocycles. The molecule has 0 fully saturated rings. The minimum absolute atomic E-state index is 0.0342. The third-order valence-corrected chi connectivity index (χ3v) is 5.55. The zero-order valence-corrected chi connectivity index (χ0v) is 19.2. The Morgan fingerprint density at radius 2 is 1.67 bits per heavy atom. The van der Waals surface area contributed by atoms with E-state index in [9.17, 15) is 9.59 Å². The fraction of sp³-hybridized carbons (Fsp3) is 0.417. The molecule has 5 nitrogen and oxygen atoms in total. The normalized spacial score (nSPS) is 13.2. The zero-order chi connectivity index (χ0) is 22.3. The molecule has 2 atom stereocenters. The Hall–Kier alpha value is -2.37. The summed E-state index contributed by atoms with van der Waals surface area (Å²) in [4.78, 5) is 27.6. The lowest BCUT2D eigenvalue weighted by molar-refractivity contribution is -0.124. The second-order valence-corrected chi connectivity index (χ2v) is 8.40. The molecule has 162 valence electrons. The topological polar surface area (TPSA) is 61.4 Å². The quantitative estimate of drug-likeness (QED) is 0.631. The van der Waals surface area contributed by atoms with Crippen LogP contribution < -0.4 is 10.6 Å². The lowest BCUT2D eigenvalue weighted by atomic mass is 10.0. The Labute approximate surface area is 184 Å². The van der Waals surface area contributed by atoms with Crippen LogP contribution in [-0.2, 0) is 11.2 Å². The molecular weight excluding hydrogens is 398 g/mol. The van der Waals surface area contributed by atoms with Crippen LogP contribution in [0.2, 0.25) is 5.02 Å². The van der Waals surface area contributed by atoms with Crippen LogP contribution in [0.15, 0.2) is 48.5 Å². The lowest BCUT2D eigenvalue weighted by Gasteiger charge is -2.27. The molecule has 0 unspecified atom stereocenters. The third kappa shape index (κ3) is 6.31. The summed E-state index contributed by atoms with van der Waals surface area (Å²) in [6, 6.07) is 14.6. The van der Waals surface area contributed by atoms with Crippen LogP contribution in [0.5, 0.6) is 0 Å². The Balaban J connectivity index is 2.07. The van der Waals surface area contributed by atoms with E-state index in [1.54, 1.807) is 24.3 Å². The number of carbonyl (C=O) groups excluding carboxylic acids is 2. The predicted molar refractivity (Wildman–Crippen MR) is 123 cm³/mol. The maximum Gasteiger partial charge on any atom is 0.253 e. The summed E-state index contributed by atoms with van der Waals surface area (Å²) in [6.07, 6.45) is 0.991. The summed E-state index contributed by atoms with van der Waals surface area (Å²) in [7, 11) is 3.98. The summed E-state index contributed by atoms with van der Waals surface area (Å²) >= 11 is 6.12. The number of carbonyl (C=O) groups is 2. The molecule has 2 aromatic rings. The number of likely N-dealkylation sites (N-methyl/N-ethyl adjacent to an activating group) is 1. The number of rotatable bonds is 9. The molecule has 2 N–H and O–H groups in total. The van der Waals surface area contributed by atoms with Crippen molar-refractivity contribution in [3.8, 4) is 0 Å². The van der Waals surface area contributed by atoms with E-state index in [0.29, 0.717) is 17.1 Å². The number of halogens is 1. The van der Waals surface area contributed by atoms with Crippen molar-refractivity contribution in [1.29, 1.82) is 0 Å². The van der Waals surface area contributed by atoms with E-state index < -0.39 is 6.04 Å². The van der Waals surface area contributed by atoms with Crippen molar-refractivity contribution in [3.63, 3.8) is 0 Å². The highest BCUT2D eigenvalue weighted by Crippen LogP contribution is 2.19. The fourth-order valence-electron chi connectivity index (χ4n) is 3.28. The molecule has 0 bridgehead atoms. The van der Waals surface area contributed by atoms with Crippen LogP contribution in [0.25, 0.3) is 0 Å². The van der Waals surface area contributed by atoms with Gasteiger partial charge in [0.25, 0.3) is 5.91 Å². The number of nitrogens with zero attached hydrogens (tertiary/aromatic N) is 1. The first kappa shape index (κ1) is 23.9. The van der Waals surface area contributed by atoms with Gasteiger partial charge in [0.15, 0.2) is 0 Å². The Kier molecular flexibility index (Phi) is 8.88. The maximum absolute atomic E-state index is 12.9. The molecule has 0 heterocycles. The van der Waals surface area contributed by atoms with Crippen molar-refractivity contribution >= 4 is 23.4 Å². The number of nitrogens with one attached hydrogen (secondary N) is 2. The van der Waals surface area contributed by atoms with Gasteiger partial charge in [0.1, 0.15) is 6.04 Å². The van der Waals surface area contributed by atoms with E-state index in [1.165, 1.54) is 5.56 Å². The number of aryl methyl sites for hydroxylation is 1. The van der Waals surface area contributed by atoms with Gasteiger partial charge >= 0.3 is 0 Å². The molecule has 2 aromatic carbocycles. The number of hydrogen-bond donors (Lipinski definition) is 2. The van der Waals surface area contributed by atoms with Crippen molar-refractivity contribution in [1.82, 2.24) is 15.5 Å². The second-order valence-electron chi connectivity index (χ2n) is 7.99. The van der Waals surface area contributed by atoms with Gasteiger partial charge in [-0.3, -0.25) is 9.59 Å². The first-order valence-corrected chi connectivity index (χ1v) is 10.7. The highest BCUT2D eigenvalue weighted by molar-refractivity contribution is 6.33. The van der Waals surface area contributed by atoms with E-state index in [-0.39, 0.29) is 23.8 Å². The molecule has 0 radical (unpaired) electrons. The number of hydrogen-bond acceptors (Lipinski definition) is 3. The van der Waals surface area contributed by atoms with Crippen LogP contribution in [0.4, 0.5) is 0 Å². The highest BCUT2D eigenvalue weighted by Gasteiger charge is 2.26. The summed E-state index contributed by atoms with van der Waals surface area (Å²) in [5, 5.41) is 6.21. The van der Waals surface area contributed by atoms with Gasteiger partial charge in [-0.2, -0.15) is 0 Å². The molecule has 0 aliphatic carbocycles. The molecule has 2 rings (SSSR count). The Morgan fingerprint density at radius 1 is 1.03 bits per heavy atom. The predicted octanol–water partition coefficient (Wildman–Crippen LogP) is 4.08. The molecule has 0 aliphatic heterocycles. The van der Waals surface area contributed by atoms with E-state index in [4.69, 9.17) is 11.6 Å². The van der Waals surface area contributed by atoms with E-state index in [2.05, 4.69) is 46.7 Å². The minimum Gasteiger partial charge on any atom is -0.352 e. The Morgan fingerprint density at radius 3 is 2.20 bits per heavy atom. The average molecular weight is 430 g/mol. The maximum atomic E-state index is 12.9. The smallest absolute Gasteiger partial charge is 0.253 e. The molecule has 30 heavy (non-hydrogen) atoms. The second kappa shape index (κ2) is 11.1. The molecule has 0 aromatic heterocycles. The van der Waals surface area contributed by atoms with Crippen LogP contribution in [0.3, 0.4) is 0 Å². The van der Waals surface area contributed by atoms with E-state index >= 15 is 0 Å². The molecule has 6 heteroatoms. The average Bonchev–Trinajstić information content (AvgIpc) is 2.72. The van der Waals surface area contributed by atoms with E-state index in [1.807, 2.05) is 27.9 Å². The van der Waals surface area contributed by atoms with Gasteiger partial charge in [-0.1, -0.05) is 68.8 Å². The van der Waals surface area contributed by atoms with Gasteiger partial charge in [0.05, 0.1) is 16.6 Å². The number of amides is 2. The third-order valence-electron chi connectivity index (χ3n) is 5.22. The molecule has 0 saturated heterocycles. The van der Waals surface area contributed by atoms with Crippen LogP contribution >= 0.6 is 11.6 Å². The molecule has 2 amide bonds. The van der Waals surface area contributed by atoms with Crippen molar-refractivity contribution < 1.29 is 9.59 Å². The fourth-order valence-corrected chi connectivity index (χ4v) is 3.50. The molecule has 0 spiro atoms. The first-order valence-electron chi connectivity index (χ1n) is 10.3. The van der Waals surface area contributed by atoms with Crippen LogP contribution in [-0.4, -0.2) is 43.4 Å². The van der Waals surface area contributed by atoms with Gasteiger partial charge in [-0.15, -0.1) is 0 Å². The highest BCUT2D eigenvalue weighted by atomic mass is 35.5. The Bertz CT molecular complexity index is 850. The van der Waals surface area contributed by atoms with Crippen molar-refractivity contribution in [2.24, 2.45) is 5.92 Å². The summed E-state index contributed by atoms with van der Waals surface area (Å²) < 4.78 is 0. The van der Waals surface area contributed by atoms with Crippen LogP contribution in [0, 0.1) is 5.92 Å². The van der Waals surface area contributed by atoms with E-state index in [0.717, 1.165) is 12.0 Å². The van der Waals surface area contributed by atoms with Gasteiger partial charge < -0.3 is 15.5 Å². The van der Waals surface area contributed by atoms with Crippen LogP contribution in [0.1, 0.15) is 48.3 Å². The van der Waals surface area contributed by atoms with Crippen molar-refractivity contribution in [2.75, 3.05) is 20.6 Å². The summed E-state index contributed by atoms with van der Waals surface area (Å²) in [5.74, 6) is -0.630. The molecular formula is C24H32ClN3O2. The zero-order valence-electron chi connectivity index (χ0n) is 18.4. The van der Waals surface area contributed by atoms with Crippen molar-refractivity contribution in [3.05, 3.63) is 70.2 Å². The number of benzene rings is 2. The standard InChI is InChI=1S/C24H32ClN3O2/c1-6-17-11-13-18(14-12-17)21(28(4)5)15-26-24(30)22(16(2)3)27-23(29)19-9-7-8-10-20(19)25/h7-14,16,21-22H,6,15H2,1-5H3,(H,26,30)(H,27,29)/t21-,22-/m1/s1. The van der Waals surface area contributed by atoms with Crippen molar-refractivity contribution in [2.45, 2.75) is 39.3 Å². The summed E-state index contributed by atoms with van der Waals surface area (Å²) in [6.45, 7) is 6.39. The first-order chi connectivity index (χ1) is 14.2. The monoisotopic (exact) mass is 429 g/mol.